The zero-order valence-corrected chi connectivity index (χ0v) is 22.8. The molecular formula is C26H34F4N3O4S-. The number of unbranched alkanes of at least 4 members (excludes halogenated alkanes) is 2. The number of rotatable bonds is 14. The highest BCUT2D eigenvalue weighted by Gasteiger charge is 2.33. The fraction of sp³-hybridized carbons (Fsp3) is 0.538. The molecule has 7 nitrogen and oxygen atoms in total. The van der Waals surface area contributed by atoms with Crippen LogP contribution < -0.4 is 14.4 Å². The second-order valence-corrected chi connectivity index (χ2v) is 10.0. The van der Waals surface area contributed by atoms with Crippen LogP contribution in [0.1, 0.15) is 82.0 Å². The van der Waals surface area contributed by atoms with E-state index >= 15 is 0 Å². The third kappa shape index (κ3) is 8.93. The third-order valence-electron chi connectivity index (χ3n) is 6.15. The van der Waals surface area contributed by atoms with E-state index < -0.39 is 40.8 Å². The van der Waals surface area contributed by atoms with E-state index in [-0.39, 0.29) is 29.8 Å². The summed E-state index contributed by atoms with van der Waals surface area (Å²) in [5.74, 6) is -2.32. The maximum Gasteiger partial charge on any atom is 0.433 e. The molecule has 1 amide bonds. The minimum atomic E-state index is -4.65. The van der Waals surface area contributed by atoms with Gasteiger partial charge in [0.25, 0.3) is 0 Å². The lowest BCUT2D eigenvalue weighted by Gasteiger charge is -2.23. The molecule has 0 spiro atoms. The number of pyridine rings is 1. The highest BCUT2D eigenvalue weighted by atomic mass is 32.2. The van der Waals surface area contributed by atoms with Crippen LogP contribution in [0, 0.1) is 5.82 Å². The van der Waals surface area contributed by atoms with Crippen LogP contribution in [-0.4, -0.2) is 32.8 Å². The Balaban J connectivity index is 2.22. The predicted octanol–water partition coefficient (Wildman–Crippen LogP) is 6.02. The lowest BCUT2D eigenvalue weighted by atomic mass is 9.99. The largest absolute Gasteiger partial charge is 0.755 e. The highest BCUT2D eigenvalue weighted by molar-refractivity contribution is 7.80. The molecule has 212 valence electrons. The van der Waals surface area contributed by atoms with Gasteiger partial charge in [0.15, 0.2) is 0 Å². The highest BCUT2D eigenvalue weighted by Crippen LogP contribution is 2.31. The van der Waals surface area contributed by atoms with Crippen molar-refractivity contribution in [1.82, 2.24) is 10.3 Å². The maximum atomic E-state index is 14.5. The summed E-state index contributed by atoms with van der Waals surface area (Å²) in [6, 6.07) is 5.84. The van der Waals surface area contributed by atoms with Crippen molar-refractivity contribution < 1.29 is 35.9 Å². The SMILES string of the molecule is CCCCC(CCCC)Oc1nc(C(F)(F)F)ccc1CNC(=O)C(C)c1ccc(N(C)S(=O)[O-])c(F)c1. The van der Waals surface area contributed by atoms with Crippen LogP contribution in [-0.2, 0) is 28.8 Å². The van der Waals surface area contributed by atoms with Crippen molar-refractivity contribution in [3.63, 3.8) is 0 Å². The number of benzene rings is 1. The molecule has 0 fully saturated rings. The van der Waals surface area contributed by atoms with Gasteiger partial charge in [0.2, 0.25) is 11.8 Å². The molecule has 1 aromatic heterocycles. The zero-order valence-electron chi connectivity index (χ0n) is 21.9. The van der Waals surface area contributed by atoms with Crippen molar-refractivity contribution in [1.29, 1.82) is 0 Å². The number of hydrogen-bond acceptors (Lipinski definition) is 5. The Morgan fingerprint density at radius 2 is 1.79 bits per heavy atom. The molecular weight excluding hydrogens is 526 g/mol. The Bertz CT molecular complexity index is 1090. The Morgan fingerprint density at radius 3 is 2.32 bits per heavy atom. The lowest BCUT2D eigenvalue weighted by molar-refractivity contribution is -0.141. The van der Waals surface area contributed by atoms with E-state index in [0.29, 0.717) is 18.4 Å². The average Bonchev–Trinajstić information content (AvgIpc) is 2.87. The number of ether oxygens (including phenoxy) is 1. The monoisotopic (exact) mass is 560 g/mol. The number of hydrogen-bond donors (Lipinski definition) is 1. The molecule has 1 heterocycles. The zero-order chi connectivity index (χ0) is 28.5. The first-order valence-electron chi connectivity index (χ1n) is 12.5. The van der Waals surface area contributed by atoms with Gasteiger partial charge in [0.1, 0.15) is 17.6 Å². The van der Waals surface area contributed by atoms with Crippen molar-refractivity contribution in [3.8, 4) is 5.88 Å². The lowest BCUT2D eigenvalue weighted by Crippen LogP contribution is -2.28. The summed E-state index contributed by atoms with van der Waals surface area (Å²) in [5.41, 5.74) is -0.666. The number of anilines is 1. The molecule has 0 aliphatic heterocycles. The van der Waals surface area contributed by atoms with E-state index in [1.807, 2.05) is 13.8 Å². The summed E-state index contributed by atoms with van der Waals surface area (Å²) in [6.45, 7) is 5.43. The Hall–Kier alpha value is -2.73. The van der Waals surface area contributed by atoms with Gasteiger partial charge in [0, 0.05) is 30.4 Å². The van der Waals surface area contributed by atoms with Gasteiger partial charge in [-0.3, -0.25) is 9.00 Å². The summed E-state index contributed by atoms with van der Waals surface area (Å²) in [7, 11) is 1.18. The predicted molar refractivity (Wildman–Crippen MR) is 137 cm³/mol. The maximum absolute atomic E-state index is 14.5. The number of alkyl halides is 3. The minimum absolute atomic E-state index is 0.142. The van der Waals surface area contributed by atoms with Gasteiger partial charge in [-0.25, -0.2) is 9.37 Å². The molecule has 0 saturated carbocycles. The number of halogens is 4. The van der Waals surface area contributed by atoms with Crippen LogP contribution in [0.15, 0.2) is 30.3 Å². The molecule has 0 radical (unpaired) electrons. The summed E-state index contributed by atoms with van der Waals surface area (Å²) < 4.78 is 83.4. The van der Waals surface area contributed by atoms with Gasteiger partial charge >= 0.3 is 6.18 Å². The average molecular weight is 561 g/mol. The Morgan fingerprint density at radius 1 is 1.16 bits per heavy atom. The molecule has 1 aromatic carbocycles. The van der Waals surface area contributed by atoms with E-state index in [1.54, 1.807) is 0 Å². The van der Waals surface area contributed by atoms with Gasteiger partial charge in [0.05, 0.1) is 11.6 Å². The van der Waals surface area contributed by atoms with Gasteiger partial charge in [-0.1, -0.05) is 45.6 Å². The van der Waals surface area contributed by atoms with Crippen LogP contribution in [0.25, 0.3) is 0 Å². The van der Waals surface area contributed by atoms with Crippen LogP contribution >= 0.6 is 0 Å². The number of carbonyl (C=O) groups is 1. The smallest absolute Gasteiger partial charge is 0.433 e. The van der Waals surface area contributed by atoms with Crippen LogP contribution in [0.5, 0.6) is 5.88 Å². The van der Waals surface area contributed by atoms with E-state index in [1.165, 1.54) is 32.2 Å². The molecule has 2 atom stereocenters. The Labute approximate surface area is 223 Å². The molecule has 0 aliphatic rings. The first-order chi connectivity index (χ1) is 17.9. The molecule has 2 unspecified atom stereocenters. The molecule has 1 N–H and O–H groups in total. The van der Waals surface area contributed by atoms with Crippen molar-refractivity contribution in [3.05, 3.63) is 53.0 Å². The second kappa shape index (κ2) is 14.4. The summed E-state index contributed by atoms with van der Waals surface area (Å²) in [6.07, 6.45) is -0.0752. The summed E-state index contributed by atoms with van der Waals surface area (Å²) in [5, 5.41) is 2.66. The molecule has 0 saturated heterocycles. The van der Waals surface area contributed by atoms with Crippen molar-refractivity contribution >= 4 is 22.9 Å². The second-order valence-electron chi connectivity index (χ2n) is 9.05. The van der Waals surface area contributed by atoms with Gasteiger partial charge < -0.3 is 18.9 Å². The fourth-order valence-corrected chi connectivity index (χ4v) is 4.07. The number of amides is 1. The fourth-order valence-electron chi connectivity index (χ4n) is 3.76. The molecule has 0 bridgehead atoms. The van der Waals surface area contributed by atoms with E-state index in [2.05, 4.69) is 10.3 Å². The minimum Gasteiger partial charge on any atom is -0.755 e. The molecule has 2 rings (SSSR count). The van der Waals surface area contributed by atoms with Crippen molar-refractivity contribution in [2.45, 2.75) is 84.0 Å². The molecule has 0 aliphatic carbocycles. The first-order valence-corrected chi connectivity index (χ1v) is 13.6. The van der Waals surface area contributed by atoms with E-state index in [0.717, 1.165) is 42.1 Å². The topological polar surface area (TPSA) is 94.6 Å². The van der Waals surface area contributed by atoms with Crippen molar-refractivity contribution in [2.24, 2.45) is 0 Å². The number of aromatic nitrogens is 1. The van der Waals surface area contributed by atoms with E-state index in [4.69, 9.17) is 4.74 Å². The molecule has 12 heteroatoms. The molecule has 38 heavy (non-hydrogen) atoms. The van der Waals surface area contributed by atoms with Gasteiger partial charge in [-0.15, -0.1) is 0 Å². The number of nitrogens with one attached hydrogen (secondary N) is 1. The third-order valence-corrected chi connectivity index (χ3v) is 6.79. The molecule has 2 aromatic rings. The van der Waals surface area contributed by atoms with Crippen LogP contribution in [0.4, 0.5) is 23.2 Å². The van der Waals surface area contributed by atoms with Crippen LogP contribution in [0.3, 0.4) is 0 Å². The summed E-state index contributed by atoms with van der Waals surface area (Å²) in [4.78, 5) is 16.5. The van der Waals surface area contributed by atoms with Gasteiger partial charge in [-0.2, -0.15) is 13.2 Å². The standard InChI is InChI=1S/C26H35F4N3O4S/c1-5-7-9-20(10-8-6-2)37-25-19(12-14-23(32-25)26(28,29)30)16-31-24(34)17(3)18-11-13-22(21(27)15-18)33(4)38(35)36/h11-15,17,20H,5-10,16H2,1-4H3,(H,31,34)(H,35,36)/p-1. The first kappa shape index (κ1) is 31.5. The van der Waals surface area contributed by atoms with Crippen molar-refractivity contribution in [2.75, 3.05) is 11.4 Å². The Kier molecular flexibility index (Phi) is 12.0. The summed E-state index contributed by atoms with van der Waals surface area (Å²) >= 11 is -2.66. The normalized spacial score (nSPS) is 13.3. The van der Waals surface area contributed by atoms with Gasteiger partial charge in [-0.05, 0) is 49.6 Å². The quantitative estimate of drug-likeness (QED) is 0.225. The number of nitrogens with zero attached hydrogens (tertiary/aromatic N) is 2. The van der Waals surface area contributed by atoms with Crippen LogP contribution in [0.2, 0.25) is 0 Å². The number of carbonyl (C=O) groups excluding carboxylic acids is 1. The van der Waals surface area contributed by atoms with E-state index in [9.17, 15) is 31.1 Å².